The Bertz CT molecular complexity index is 1230. The van der Waals surface area contributed by atoms with Crippen LogP contribution in [0.1, 0.15) is 143 Å². The maximum Gasteiger partial charge on any atom is 0.336 e. The summed E-state index contributed by atoms with van der Waals surface area (Å²) in [6.45, 7) is 10.9. The first-order valence-corrected chi connectivity index (χ1v) is 26.7. The molecule has 0 aliphatic heterocycles. The van der Waals surface area contributed by atoms with Gasteiger partial charge in [0.2, 0.25) is 0 Å². The van der Waals surface area contributed by atoms with Crippen molar-refractivity contribution in [2.75, 3.05) is 126 Å². The second-order valence-electron chi connectivity index (χ2n) is 17.2. The average Bonchev–Trinajstić information content (AvgIpc) is 3.36. The molecule has 71 heavy (non-hydrogen) atoms. The summed E-state index contributed by atoms with van der Waals surface area (Å²) in [6, 6.07) is 0. The number of unbranched alkanes of at least 4 members (excludes halogenated alkanes) is 9. The molecule has 18 heteroatoms. The lowest BCUT2D eigenvalue weighted by molar-refractivity contribution is -0.157. The van der Waals surface area contributed by atoms with Crippen molar-refractivity contribution >= 4 is 17.9 Å². The van der Waals surface area contributed by atoms with Gasteiger partial charge in [-0.3, -0.25) is 9.80 Å². The molecule has 416 valence electrons. The van der Waals surface area contributed by atoms with Gasteiger partial charge in [0.25, 0.3) is 0 Å². The smallest absolute Gasteiger partial charge is 0.336 e. The SMILES string of the molecule is CC/C=C\CCOCOCCCCCCOC(=O)C(O)CN(CCO)CCCN(CC(O)C(=O)OCCCCCCOCOCC/C=C\CC)CC(O)C(=O)OCCCCCCOCOCC/C=C\CC. The summed E-state index contributed by atoms with van der Waals surface area (Å²) in [5.41, 5.74) is 0. The van der Waals surface area contributed by atoms with Crippen molar-refractivity contribution in [3.63, 3.8) is 0 Å². The predicted molar refractivity (Wildman–Crippen MR) is 273 cm³/mol. The van der Waals surface area contributed by atoms with E-state index in [0.29, 0.717) is 71.9 Å². The second-order valence-corrected chi connectivity index (χ2v) is 17.2. The molecule has 0 radical (unpaired) electrons. The van der Waals surface area contributed by atoms with Crippen molar-refractivity contribution in [2.45, 2.75) is 161 Å². The van der Waals surface area contributed by atoms with Crippen LogP contribution >= 0.6 is 0 Å². The summed E-state index contributed by atoms with van der Waals surface area (Å²) in [7, 11) is 0. The molecule has 0 aromatic carbocycles. The van der Waals surface area contributed by atoms with Gasteiger partial charge in [0.1, 0.15) is 20.4 Å². The van der Waals surface area contributed by atoms with E-state index < -0.39 is 36.2 Å². The number of ether oxygens (including phenoxy) is 9. The van der Waals surface area contributed by atoms with Crippen LogP contribution in [0, 0.1) is 0 Å². The van der Waals surface area contributed by atoms with Gasteiger partial charge in [0.05, 0.1) is 46.2 Å². The minimum atomic E-state index is -1.55. The molecule has 0 rings (SSSR count). The largest absolute Gasteiger partial charge is 0.464 e. The predicted octanol–water partition coefficient (Wildman–Crippen LogP) is 6.41. The molecule has 0 aromatic rings. The number of esters is 3. The molecule has 0 aliphatic carbocycles. The van der Waals surface area contributed by atoms with Crippen LogP contribution < -0.4 is 0 Å². The average molecular weight is 1020 g/mol. The van der Waals surface area contributed by atoms with E-state index in [1.54, 1.807) is 9.80 Å². The number of aliphatic hydroxyl groups excluding tert-OH is 4. The van der Waals surface area contributed by atoms with Crippen LogP contribution in [0.2, 0.25) is 0 Å². The highest BCUT2D eigenvalue weighted by Gasteiger charge is 2.26. The Morgan fingerprint density at radius 3 is 1.00 bits per heavy atom. The molecule has 0 spiro atoms. The van der Waals surface area contributed by atoms with E-state index in [0.717, 1.165) is 96.3 Å². The van der Waals surface area contributed by atoms with Gasteiger partial charge in [-0.05, 0) is 116 Å². The van der Waals surface area contributed by atoms with Crippen molar-refractivity contribution in [1.82, 2.24) is 9.80 Å². The number of carbonyl (C=O) groups is 3. The fourth-order valence-electron chi connectivity index (χ4n) is 6.79. The monoisotopic (exact) mass is 1020 g/mol. The highest BCUT2D eigenvalue weighted by molar-refractivity contribution is 5.75. The van der Waals surface area contributed by atoms with Gasteiger partial charge >= 0.3 is 17.9 Å². The summed E-state index contributed by atoms with van der Waals surface area (Å²) in [4.78, 5) is 41.5. The molecule has 0 aromatic heterocycles. The number of carbonyl (C=O) groups excluding carboxylic acids is 3. The Kier molecular flexibility index (Phi) is 51.3. The third kappa shape index (κ3) is 46.7. The summed E-state index contributed by atoms with van der Waals surface area (Å²) in [5.74, 6) is -2.39. The third-order valence-electron chi connectivity index (χ3n) is 10.8. The first-order valence-electron chi connectivity index (χ1n) is 26.7. The van der Waals surface area contributed by atoms with Gasteiger partial charge in [-0.15, -0.1) is 0 Å². The molecule has 0 saturated heterocycles. The molecular weight excluding hydrogens is 921 g/mol. The van der Waals surface area contributed by atoms with E-state index in [-0.39, 0.29) is 79.5 Å². The molecule has 3 atom stereocenters. The molecule has 0 amide bonds. The van der Waals surface area contributed by atoms with Crippen molar-refractivity contribution in [2.24, 2.45) is 0 Å². The van der Waals surface area contributed by atoms with Crippen LogP contribution in [0.3, 0.4) is 0 Å². The van der Waals surface area contributed by atoms with Crippen LogP contribution in [0.4, 0.5) is 0 Å². The molecule has 3 unspecified atom stereocenters. The van der Waals surface area contributed by atoms with Crippen LogP contribution in [-0.4, -0.2) is 192 Å². The number of rotatable bonds is 54. The Balaban J connectivity index is 4.88. The third-order valence-corrected chi connectivity index (χ3v) is 10.8. The zero-order valence-electron chi connectivity index (χ0n) is 44.1. The normalized spacial score (nSPS) is 13.3. The molecule has 0 aliphatic rings. The highest BCUT2D eigenvalue weighted by atomic mass is 16.7. The Morgan fingerprint density at radius 2 is 0.676 bits per heavy atom. The molecule has 0 bridgehead atoms. The van der Waals surface area contributed by atoms with Gasteiger partial charge in [0.15, 0.2) is 18.3 Å². The number of aliphatic hydroxyl groups is 4. The molecule has 18 nitrogen and oxygen atoms in total. The molecule has 0 saturated carbocycles. The summed E-state index contributed by atoms with van der Waals surface area (Å²) < 4.78 is 48.8. The van der Waals surface area contributed by atoms with E-state index >= 15 is 0 Å². The number of hydrogen-bond acceptors (Lipinski definition) is 18. The van der Waals surface area contributed by atoms with E-state index in [2.05, 4.69) is 57.2 Å². The van der Waals surface area contributed by atoms with Crippen molar-refractivity contribution in [3.05, 3.63) is 36.5 Å². The minimum Gasteiger partial charge on any atom is -0.464 e. The lowest BCUT2D eigenvalue weighted by Gasteiger charge is -2.28. The fraction of sp³-hybridized carbons (Fsp3) is 0.830. The number of hydrogen-bond donors (Lipinski definition) is 4. The first kappa shape index (κ1) is 68.2. The van der Waals surface area contributed by atoms with Gasteiger partial charge in [-0.2, -0.15) is 0 Å². The maximum atomic E-state index is 12.8. The number of allylic oxidation sites excluding steroid dienone is 3. The van der Waals surface area contributed by atoms with Crippen molar-refractivity contribution in [1.29, 1.82) is 0 Å². The van der Waals surface area contributed by atoms with Crippen molar-refractivity contribution in [3.8, 4) is 0 Å². The highest BCUT2D eigenvalue weighted by Crippen LogP contribution is 2.08. The fourth-order valence-corrected chi connectivity index (χ4v) is 6.79. The Morgan fingerprint density at radius 1 is 0.380 bits per heavy atom. The molecule has 4 N–H and O–H groups in total. The van der Waals surface area contributed by atoms with Crippen LogP contribution in [0.25, 0.3) is 0 Å². The van der Waals surface area contributed by atoms with E-state index in [9.17, 15) is 34.8 Å². The topological polar surface area (TPSA) is 222 Å². The van der Waals surface area contributed by atoms with Crippen LogP contribution in [-0.2, 0) is 57.0 Å². The van der Waals surface area contributed by atoms with E-state index in [1.165, 1.54) is 0 Å². The zero-order chi connectivity index (χ0) is 52.1. The zero-order valence-corrected chi connectivity index (χ0v) is 44.1. The molecular formula is C53H98N2O16. The van der Waals surface area contributed by atoms with E-state index in [1.807, 2.05) is 0 Å². The lowest BCUT2D eigenvalue weighted by Crippen LogP contribution is -2.45. The van der Waals surface area contributed by atoms with Gasteiger partial charge < -0.3 is 63.1 Å². The van der Waals surface area contributed by atoms with Crippen molar-refractivity contribution < 1.29 is 77.4 Å². The quantitative estimate of drug-likeness (QED) is 0.0170. The van der Waals surface area contributed by atoms with Gasteiger partial charge in [-0.25, -0.2) is 14.4 Å². The Hall–Kier alpha value is -2.85. The Labute approximate surface area is 427 Å². The van der Waals surface area contributed by atoms with Gasteiger partial charge in [-0.1, -0.05) is 76.5 Å². The van der Waals surface area contributed by atoms with Crippen LogP contribution in [0.5, 0.6) is 0 Å². The van der Waals surface area contributed by atoms with Gasteiger partial charge in [0, 0.05) is 46.0 Å². The van der Waals surface area contributed by atoms with E-state index in [4.69, 9.17) is 42.6 Å². The minimum absolute atomic E-state index is 0.0884. The summed E-state index contributed by atoms with van der Waals surface area (Å²) in [6.07, 6.45) is 23.5. The van der Waals surface area contributed by atoms with Crippen LogP contribution in [0.15, 0.2) is 36.5 Å². The summed E-state index contributed by atoms with van der Waals surface area (Å²) in [5, 5.41) is 42.1. The maximum absolute atomic E-state index is 12.8. The second kappa shape index (κ2) is 53.4. The lowest BCUT2D eigenvalue weighted by atomic mass is 10.2. The summed E-state index contributed by atoms with van der Waals surface area (Å²) >= 11 is 0. The molecule has 0 heterocycles. The molecule has 0 fully saturated rings. The number of nitrogens with zero attached hydrogens (tertiary/aromatic N) is 2. The first-order chi connectivity index (χ1) is 34.7. The standard InChI is InChI=1S/C53H98N2O16/c1-4-7-10-19-33-63-45-66-36-22-13-16-25-39-69-51(60)48(57)42-54(31-32-56)29-28-30-55(43-49(58)52(61)70-40-26-17-14-23-37-67-46-64-34-20-11-8-5-2)44-50(59)53(62)71-41-27-18-15-24-38-68-47-65-35-21-12-9-6-3/h7-12,48-50,56-59H,4-6,13-47H2,1-3H3/b10-7-,11-8-,12-9-.